The molecule has 0 saturated heterocycles. The van der Waals surface area contributed by atoms with Crippen molar-refractivity contribution in [2.75, 3.05) is 13.6 Å². The van der Waals surface area contributed by atoms with Gasteiger partial charge in [0.25, 0.3) is 0 Å². The van der Waals surface area contributed by atoms with Gasteiger partial charge in [-0.2, -0.15) is 0 Å². The van der Waals surface area contributed by atoms with Crippen LogP contribution in [0.1, 0.15) is 19.8 Å². The second-order valence-electron chi connectivity index (χ2n) is 2.86. The number of hydrogen-bond donors (Lipinski definition) is 0. The fourth-order valence-corrected chi connectivity index (χ4v) is 0.969. The van der Waals surface area contributed by atoms with Crippen LogP contribution in [0.5, 0.6) is 0 Å². The van der Waals surface area contributed by atoms with Crippen molar-refractivity contribution in [3.8, 4) is 0 Å². The van der Waals surface area contributed by atoms with Gasteiger partial charge in [-0.1, -0.05) is 6.92 Å². The third kappa shape index (κ3) is 1.66. The summed E-state index contributed by atoms with van der Waals surface area (Å²) in [7, 11) is 2.02. The molecule has 2 nitrogen and oxygen atoms in total. The van der Waals surface area contributed by atoms with Gasteiger partial charge in [0.1, 0.15) is 0 Å². The Bertz CT molecular complexity index is 88.9. The normalized spacial score (nSPS) is 22.7. The summed E-state index contributed by atoms with van der Waals surface area (Å²) in [5.41, 5.74) is 7.62. The third-order valence-corrected chi connectivity index (χ3v) is 2.04. The predicted molar refractivity (Wildman–Crippen MR) is 37.9 cm³/mol. The molecule has 0 bridgehead atoms. The number of nitrogens with one attached hydrogen (secondary N) is 1. The highest BCUT2D eigenvalue weighted by Gasteiger charge is 2.30. The fraction of sp³-hybridized carbons (Fsp3) is 1.00. The SMILES string of the molecule is CCN(C)C([NH])C1CC1. The first-order valence-electron chi connectivity index (χ1n) is 3.67. The van der Waals surface area contributed by atoms with Gasteiger partial charge >= 0.3 is 0 Å². The van der Waals surface area contributed by atoms with E-state index in [1.54, 1.807) is 0 Å². The van der Waals surface area contributed by atoms with Gasteiger partial charge in [-0.05, 0) is 32.4 Å². The van der Waals surface area contributed by atoms with E-state index >= 15 is 0 Å². The van der Waals surface area contributed by atoms with Crippen molar-refractivity contribution < 1.29 is 0 Å². The monoisotopic (exact) mass is 127 g/mol. The summed E-state index contributed by atoms with van der Waals surface area (Å²) >= 11 is 0. The van der Waals surface area contributed by atoms with Gasteiger partial charge in [0, 0.05) is 0 Å². The van der Waals surface area contributed by atoms with E-state index in [1.807, 2.05) is 7.05 Å². The van der Waals surface area contributed by atoms with E-state index in [0.29, 0.717) is 5.92 Å². The third-order valence-electron chi connectivity index (χ3n) is 2.04. The standard InChI is InChI=1S/C7H15N2/c1-3-9(2)7(8)6-4-5-6/h6-8H,3-5H2,1-2H3. The van der Waals surface area contributed by atoms with Crippen LogP contribution in [0.25, 0.3) is 0 Å². The molecule has 1 unspecified atom stereocenters. The van der Waals surface area contributed by atoms with Gasteiger partial charge in [0.15, 0.2) is 0 Å². The van der Waals surface area contributed by atoms with Crippen LogP contribution in [0, 0.1) is 5.92 Å². The van der Waals surface area contributed by atoms with Crippen molar-refractivity contribution in [2.24, 2.45) is 5.92 Å². The lowest BCUT2D eigenvalue weighted by atomic mass is 10.3. The van der Waals surface area contributed by atoms with Crippen LogP contribution < -0.4 is 5.73 Å². The average molecular weight is 127 g/mol. The first-order valence-corrected chi connectivity index (χ1v) is 3.67. The molecular weight excluding hydrogens is 112 g/mol. The Hall–Kier alpha value is -0.0800. The van der Waals surface area contributed by atoms with Crippen LogP contribution in [-0.2, 0) is 0 Å². The summed E-state index contributed by atoms with van der Waals surface area (Å²) in [5.74, 6) is 0.690. The van der Waals surface area contributed by atoms with Crippen LogP contribution >= 0.6 is 0 Å². The maximum absolute atomic E-state index is 7.62. The smallest absolute Gasteiger partial charge is 0.0755 e. The summed E-state index contributed by atoms with van der Waals surface area (Å²) in [4.78, 5) is 2.09. The zero-order valence-electron chi connectivity index (χ0n) is 6.22. The first-order chi connectivity index (χ1) is 4.25. The topological polar surface area (TPSA) is 27.0 Å². The van der Waals surface area contributed by atoms with Crippen molar-refractivity contribution in [1.29, 1.82) is 0 Å². The molecule has 0 aromatic carbocycles. The summed E-state index contributed by atoms with van der Waals surface area (Å²) in [6.07, 6.45) is 2.63. The first kappa shape index (κ1) is 7.03. The van der Waals surface area contributed by atoms with Crippen molar-refractivity contribution >= 4 is 0 Å². The Morgan fingerprint density at radius 2 is 2.22 bits per heavy atom. The zero-order chi connectivity index (χ0) is 6.85. The van der Waals surface area contributed by atoms with Crippen molar-refractivity contribution in [2.45, 2.75) is 25.9 Å². The van der Waals surface area contributed by atoms with E-state index in [-0.39, 0.29) is 6.17 Å². The van der Waals surface area contributed by atoms with Gasteiger partial charge in [-0.3, -0.25) is 4.90 Å². The van der Waals surface area contributed by atoms with E-state index < -0.39 is 0 Å². The molecule has 1 atom stereocenters. The number of hydrogen-bond acceptors (Lipinski definition) is 1. The number of nitrogens with zero attached hydrogens (tertiary/aromatic N) is 1. The van der Waals surface area contributed by atoms with Gasteiger partial charge in [-0.15, -0.1) is 0 Å². The molecule has 0 spiro atoms. The van der Waals surface area contributed by atoms with E-state index in [9.17, 15) is 0 Å². The maximum Gasteiger partial charge on any atom is 0.0755 e. The molecular formula is C7H15N2. The zero-order valence-corrected chi connectivity index (χ0v) is 6.22. The van der Waals surface area contributed by atoms with Crippen LogP contribution in [0.2, 0.25) is 0 Å². The summed E-state index contributed by atoms with van der Waals surface area (Å²) < 4.78 is 0. The highest BCUT2D eigenvalue weighted by Crippen LogP contribution is 2.32. The lowest BCUT2D eigenvalue weighted by Crippen LogP contribution is -2.34. The Morgan fingerprint density at radius 3 is 2.56 bits per heavy atom. The summed E-state index contributed by atoms with van der Waals surface area (Å²) in [6.45, 7) is 3.11. The van der Waals surface area contributed by atoms with Crippen molar-refractivity contribution in [1.82, 2.24) is 10.6 Å². The molecule has 0 heterocycles. The van der Waals surface area contributed by atoms with Gasteiger partial charge in [-0.25, -0.2) is 5.73 Å². The fourth-order valence-electron chi connectivity index (χ4n) is 0.969. The summed E-state index contributed by atoms with van der Waals surface area (Å²) in [6, 6.07) is 0. The second kappa shape index (κ2) is 2.67. The Morgan fingerprint density at radius 1 is 1.67 bits per heavy atom. The molecule has 0 aliphatic heterocycles. The summed E-state index contributed by atoms with van der Waals surface area (Å²) in [5, 5.41) is 0. The molecule has 1 radical (unpaired) electrons. The molecule has 1 saturated carbocycles. The van der Waals surface area contributed by atoms with Crippen LogP contribution in [0.15, 0.2) is 0 Å². The van der Waals surface area contributed by atoms with Gasteiger partial charge in [0.2, 0.25) is 0 Å². The number of rotatable bonds is 3. The predicted octanol–water partition coefficient (Wildman–Crippen LogP) is 0.957. The largest absolute Gasteiger partial charge is 0.290 e. The molecule has 0 amide bonds. The minimum atomic E-state index is 0.0787. The van der Waals surface area contributed by atoms with Crippen molar-refractivity contribution in [3.63, 3.8) is 0 Å². The molecule has 0 aromatic rings. The van der Waals surface area contributed by atoms with E-state index in [1.165, 1.54) is 12.8 Å². The lowest BCUT2D eigenvalue weighted by molar-refractivity contribution is 0.227. The minimum Gasteiger partial charge on any atom is -0.290 e. The lowest BCUT2D eigenvalue weighted by Gasteiger charge is -2.20. The molecule has 0 aromatic heterocycles. The Kier molecular flexibility index (Phi) is 2.09. The molecule has 1 aliphatic carbocycles. The molecule has 2 heteroatoms. The van der Waals surface area contributed by atoms with Gasteiger partial charge < -0.3 is 0 Å². The van der Waals surface area contributed by atoms with E-state index in [4.69, 9.17) is 5.73 Å². The van der Waals surface area contributed by atoms with E-state index in [0.717, 1.165) is 6.54 Å². The van der Waals surface area contributed by atoms with Gasteiger partial charge in [0.05, 0.1) is 6.17 Å². The van der Waals surface area contributed by atoms with Crippen LogP contribution in [0.4, 0.5) is 0 Å². The quantitative estimate of drug-likeness (QED) is 0.554. The Balaban J connectivity index is 2.22. The van der Waals surface area contributed by atoms with Crippen molar-refractivity contribution in [3.05, 3.63) is 0 Å². The van der Waals surface area contributed by atoms with Crippen LogP contribution in [-0.4, -0.2) is 24.7 Å². The van der Waals surface area contributed by atoms with Crippen LogP contribution in [0.3, 0.4) is 0 Å². The average Bonchev–Trinajstić information content (AvgIpc) is 2.66. The maximum atomic E-state index is 7.62. The molecule has 1 fully saturated rings. The second-order valence-corrected chi connectivity index (χ2v) is 2.86. The molecule has 1 aliphatic rings. The molecule has 1 N–H and O–H groups in total. The highest BCUT2D eigenvalue weighted by molar-refractivity contribution is 4.82. The van der Waals surface area contributed by atoms with E-state index in [2.05, 4.69) is 11.8 Å². The highest BCUT2D eigenvalue weighted by atomic mass is 15.2. The molecule has 9 heavy (non-hydrogen) atoms. The molecule has 1 rings (SSSR count). The Labute approximate surface area is 57.0 Å². The molecule has 53 valence electrons. The minimum absolute atomic E-state index is 0.0787.